The van der Waals surface area contributed by atoms with Gasteiger partial charge in [-0.1, -0.05) is 24.3 Å². The summed E-state index contributed by atoms with van der Waals surface area (Å²) in [6.07, 6.45) is -4.82. The van der Waals surface area contributed by atoms with Gasteiger partial charge in [0.1, 0.15) is 5.75 Å². The first-order chi connectivity index (χ1) is 9.78. The largest absolute Gasteiger partial charge is 0.573 e. The summed E-state index contributed by atoms with van der Waals surface area (Å²) in [7, 11) is 0. The molecule has 0 saturated heterocycles. The Hall–Kier alpha value is -2.02. The van der Waals surface area contributed by atoms with Gasteiger partial charge in [-0.15, -0.1) is 13.2 Å². The van der Waals surface area contributed by atoms with Crippen molar-refractivity contribution in [2.24, 2.45) is 0 Å². The van der Waals surface area contributed by atoms with Crippen LogP contribution in [-0.2, 0) is 0 Å². The Morgan fingerprint density at radius 1 is 1.14 bits per heavy atom. The monoisotopic (exact) mass is 360 g/mol. The van der Waals surface area contributed by atoms with Gasteiger partial charge in [0.15, 0.2) is 0 Å². The summed E-state index contributed by atoms with van der Waals surface area (Å²) in [5.41, 5.74) is 0.426. The number of carboxylic acids is 1. The Bertz CT molecular complexity index is 683. The van der Waals surface area contributed by atoms with E-state index in [-0.39, 0.29) is 16.9 Å². The van der Waals surface area contributed by atoms with Crippen LogP contribution in [0.5, 0.6) is 5.75 Å². The third kappa shape index (κ3) is 3.75. The Kier molecular flexibility index (Phi) is 4.22. The lowest BCUT2D eigenvalue weighted by Crippen LogP contribution is -2.17. The normalized spacial score (nSPS) is 11.2. The van der Waals surface area contributed by atoms with Crippen molar-refractivity contribution in [2.45, 2.75) is 6.36 Å². The molecule has 0 atom stereocenters. The van der Waals surface area contributed by atoms with Gasteiger partial charge in [0.05, 0.1) is 5.56 Å². The molecule has 2 rings (SSSR count). The highest BCUT2D eigenvalue weighted by molar-refractivity contribution is 9.10. The molecule has 0 aliphatic heterocycles. The second-order valence-corrected chi connectivity index (χ2v) is 4.90. The molecule has 0 saturated carbocycles. The Labute approximate surface area is 126 Å². The standard InChI is InChI=1S/C14H8BrF3O3/c15-11-6-5-8(7-10(11)13(19)20)9-3-1-2-4-12(9)21-14(16,17)18/h1-7H,(H,19,20). The second-order valence-electron chi connectivity index (χ2n) is 4.04. The maximum atomic E-state index is 12.4. The van der Waals surface area contributed by atoms with Crippen molar-refractivity contribution in [2.75, 3.05) is 0 Å². The van der Waals surface area contributed by atoms with E-state index < -0.39 is 12.3 Å². The molecular formula is C14H8BrF3O3. The predicted molar refractivity (Wildman–Crippen MR) is 73.2 cm³/mol. The second kappa shape index (κ2) is 5.77. The fraction of sp³-hybridized carbons (Fsp3) is 0.0714. The molecule has 110 valence electrons. The van der Waals surface area contributed by atoms with Crippen LogP contribution in [0.25, 0.3) is 11.1 Å². The maximum absolute atomic E-state index is 12.4. The van der Waals surface area contributed by atoms with E-state index in [1.54, 1.807) is 6.07 Å². The highest BCUT2D eigenvalue weighted by Crippen LogP contribution is 2.35. The van der Waals surface area contributed by atoms with Gasteiger partial charge in [0.2, 0.25) is 0 Å². The molecule has 0 spiro atoms. The smallest absolute Gasteiger partial charge is 0.478 e. The molecule has 7 heteroatoms. The fourth-order valence-electron chi connectivity index (χ4n) is 1.78. The number of aromatic carboxylic acids is 1. The van der Waals surface area contributed by atoms with Crippen molar-refractivity contribution < 1.29 is 27.8 Å². The summed E-state index contributed by atoms with van der Waals surface area (Å²) in [6, 6.07) is 9.80. The van der Waals surface area contributed by atoms with Crippen LogP contribution in [0.2, 0.25) is 0 Å². The molecule has 2 aromatic rings. The molecule has 0 aliphatic carbocycles. The molecule has 0 bridgehead atoms. The zero-order valence-electron chi connectivity index (χ0n) is 10.3. The van der Waals surface area contributed by atoms with Gasteiger partial charge in [-0.2, -0.15) is 0 Å². The van der Waals surface area contributed by atoms with Gasteiger partial charge in [-0.3, -0.25) is 0 Å². The molecule has 0 amide bonds. The number of ether oxygens (including phenoxy) is 1. The van der Waals surface area contributed by atoms with Crippen LogP contribution in [0.1, 0.15) is 10.4 Å². The number of halogens is 4. The Morgan fingerprint density at radius 3 is 2.43 bits per heavy atom. The topological polar surface area (TPSA) is 46.5 Å². The molecular weight excluding hydrogens is 353 g/mol. The molecule has 0 heterocycles. The first kappa shape index (κ1) is 15.4. The number of rotatable bonds is 3. The number of carbonyl (C=O) groups is 1. The molecule has 0 aromatic heterocycles. The van der Waals surface area contributed by atoms with Crippen LogP contribution in [0.4, 0.5) is 13.2 Å². The highest BCUT2D eigenvalue weighted by Gasteiger charge is 2.32. The number of hydrogen-bond donors (Lipinski definition) is 1. The van der Waals surface area contributed by atoms with E-state index in [1.165, 1.54) is 36.4 Å². The minimum absolute atomic E-state index is 0.0469. The van der Waals surface area contributed by atoms with E-state index in [0.29, 0.717) is 10.0 Å². The van der Waals surface area contributed by atoms with E-state index in [9.17, 15) is 18.0 Å². The molecule has 21 heavy (non-hydrogen) atoms. The summed E-state index contributed by atoms with van der Waals surface area (Å²) < 4.78 is 41.5. The minimum Gasteiger partial charge on any atom is -0.478 e. The van der Waals surface area contributed by atoms with Gasteiger partial charge in [-0.25, -0.2) is 4.79 Å². The molecule has 0 fully saturated rings. The van der Waals surface area contributed by atoms with Crippen LogP contribution in [-0.4, -0.2) is 17.4 Å². The predicted octanol–water partition coefficient (Wildman–Crippen LogP) is 4.71. The third-order valence-corrected chi connectivity index (χ3v) is 3.31. The number of alkyl halides is 3. The van der Waals surface area contributed by atoms with Crippen molar-refractivity contribution in [3.8, 4) is 16.9 Å². The average Bonchev–Trinajstić information content (AvgIpc) is 2.38. The molecule has 1 N–H and O–H groups in total. The molecule has 3 nitrogen and oxygen atoms in total. The summed E-state index contributed by atoms with van der Waals surface area (Å²) in [5.74, 6) is -1.57. The SMILES string of the molecule is O=C(O)c1cc(-c2ccccc2OC(F)(F)F)ccc1Br. The lowest BCUT2D eigenvalue weighted by atomic mass is 10.0. The van der Waals surface area contributed by atoms with E-state index in [0.717, 1.165) is 0 Å². The summed E-state index contributed by atoms with van der Waals surface area (Å²) in [6.45, 7) is 0. The zero-order chi connectivity index (χ0) is 15.6. The van der Waals surface area contributed by atoms with Crippen molar-refractivity contribution in [3.63, 3.8) is 0 Å². The lowest BCUT2D eigenvalue weighted by molar-refractivity contribution is -0.274. The molecule has 0 radical (unpaired) electrons. The van der Waals surface area contributed by atoms with E-state index in [2.05, 4.69) is 20.7 Å². The summed E-state index contributed by atoms with van der Waals surface area (Å²) in [4.78, 5) is 11.1. The van der Waals surface area contributed by atoms with E-state index >= 15 is 0 Å². The Morgan fingerprint density at radius 2 is 1.81 bits per heavy atom. The lowest BCUT2D eigenvalue weighted by Gasteiger charge is -2.13. The van der Waals surface area contributed by atoms with Crippen molar-refractivity contribution in [1.29, 1.82) is 0 Å². The number of hydrogen-bond acceptors (Lipinski definition) is 2. The molecule has 0 aliphatic rings. The third-order valence-electron chi connectivity index (χ3n) is 2.62. The number of carboxylic acid groups (broad SMARTS) is 1. The quantitative estimate of drug-likeness (QED) is 0.861. The van der Waals surface area contributed by atoms with Crippen LogP contribution in [0, 0.1) is 0 Å². The summed E-state index contributed by atoms with van der Waals surface area (Å²) in [5, 5.41) is 9.05. The van der Waals surface area contributed by atoms with Gasteiger partial charge >= 0.3 is 12.3 Å². The van der Waals surface area contributed by atoms with Gasteiger partial charge in [0, 0.05) is 10.0 Å². The number of benzene rings is 2. The van der Waals surface area contributed by atoms with Gasteiger partial charge in [0.25, 0.3) is 0 Å². The van der Waals surface area contributed by atoms with Crippen LogP contribution >= 0.6 is 15.9 Å². The van der Waals surface area contributed by atoms with E-state index in [1.807, 2.05) is 0 Å². The highest BCUT2D eigenvalue weighted by atomic mass is 79.9. The first-order valence-electron chi connectivity index (χ1n) is 5.66. The summed E-state index contributed by atoms with van der Waals surface area (Å²) >= 11 is 3.08. The first-order valence-corrected chi connectivity index (χ1v) is 6.45. The van der Waals surface area contributed by atoms with Crippen molar-refractivity contribution >= 4 is 21.9 Å². The average molecular weight is 361 g/mol. The Balaban J connectivity index is 2.52. The van der Waals surface area contributed by atoms with Gasteiger partial charge < -0.3 is 9.84 Å². The molecule has 0 unspecified atom stereocenters. The number of para-hydroxylation sites is 1. The van der Waals surface area contributed by atoms with E-state index in [4.69, 9.17) is 5.11 Å². The van der Waals surface area contributed by atoms with Crippen LogP contribution in [0.3, 0.4) is 0 Å². The molecule has 2 aromatic carbocycles. The maximum Gasteiger partial charge on any atom is 0.573 e. The van der Waals surface area contributed by atoms with Crippen LogP contribution in [0.15, 0.2) is 46.9 Å². The fourth-order valence-corrected chi connectivity index (χ4v) is 2.19. The van der Waals surface area contributed by atoms with Gasteiger partial charge in [-0.05, 0) is 39.7 Å². The van der Waals surface area contributed by atoms with Crippen LogP contribution < -0.4 is 4.74 Å². The van der Waals surface area contributed by atoms with Crippen molar-refractivity contribution in [1.82, 2.24) is 0 Å². The zero-order valence-corrected chi connectivity index (χ0v) is 11.9. The van der Waals surface area contributed by atoms with Crippen molar-refractivity contribution in [3.05, 3.63) is 52.5 Å². The minimum atomic E-state index is -4.82.